The first-order valence-electron chi connectivity index (χ1n) is 28.1. The molecular weight excluding hydrogens is 913 g/mol. The van der Waals surface area contributed by atoms with Gasteiger partial charge in [0.25, 0.3) is 0 Å². The molecule has 0 aliphatic heterocycles. The van der Waals surface area contributed by atoms with Crippen LogP contribution in [-0.2, 0) is 43.3 Å². The van der Waals surface area contributed by atoms with Gasteiger partial charge in [-0.2, -0.15) is 0 Å². The first-order chi connectivity index (χ1) is 34.3. The number of thiophene rings is 1. The van der Waals surface area contributed by atoms with Gasteiger partial charge in [0.1, 0.15) is 5.00 Å². The molecule has 0 spiro atoms. The number of nitrogens with zero attached hydrogens (tertiary/aromatic N) is 2. The van der Waals surface area contributed by atoms with Crippen molar-refractivity contribution in [1.82, 2.24) is 0 Å². The highest BCUT2D eigenvalue weighted by molar-refractivity contribution is 7.23. The molecule has 3 heteroatoms. The normalized spacial score (nSPS) is 19.1. The number of anilines is 6. The Bertz CT molecular complexity index is 3310. The molecule has 3 aliphatic rings. The van der Waals surface area contributed by atoms with Gasteiger partial charge >= 0.3 is 0 Å². The summed E-state index contributed by atoms with van der Waals surface area (Å²) in [4.78, 5) is 5.26. The summed E-state index contributed by atoms with van der Waals surface area (Å²) in [5.41, 5.74) is 21.9. The fraction of sp³-hybridized carbons (Fsp3) is 0.465. The van der Waals surface area contributed by atoms with Gasteiger partial charge in [0, 0.05) is 33.0 Å². The molecule has 7 aromatic rings. The van der Waals surface area contributed by atoms with Crippen LogP contribution in [0.15, 0.2) is 115 Å². The van der Waals surface area contributed by atoms with Crippen LogP contribution in [0.4, 0.5) is 33.4 Å². The first kappa shape index (κ1) is 52.3. The van der Waals surface area contributed by atoms with Crippen LogP contribution in [0.5, 0.6) is 0 Å². The van der Waals surface area contributed by atoms with Crippen LogP contribution < -0.4 is 9.80 Å². The molecule has 1 aromatic heterocycles. The molecule has 0 saturated heterocycles. The number of hydrogen-bond donors (Lipinski definition) is 0. The zero-order valence-electron chi connectivity index (χ0n) is 49.0. The van der Waals surface area contributed by atoms with Crippen molar-refractivity contribution in [2.45, 2.75) is 213 Å². The Labute approximate surface area is 452 Å². The number of hydrogen-bond acceptors (Lipinski definition) is 3. The van der Waals surface area contributed by atoms with Crippen LogP contribution in [0.2, 0.25) is 0 Å². The Morgan fingerprint density at radius 3 is 1.28 bits per heavy atom. The monoisotopic (exact) mass is 1000 g/mol. The summed E-state index contributed by atoms with van der Waals surface area (Å²) in [6.45, 7) is 45.8. The van der Waals surface area contributed by atoms with Crippen molar-refractivity contribution < 1.29 is 0 Å². The van der Waals surface area contributed by atoms with E-state index in [1.807, 2.05) is 11.3 Å². The van der Waals surface area contributed by atoms with E-state index in [0.717, 1.165) is 19.3 Å². The summed E-state index contributed by atoms with van der Waals surface area (Å²) in [6, 6.07) is 46.8. The Balaban J connectivity index is 1.28. The summed E-state index contributed by atoms with van der Waals surface area (Å²) in [7, 11) is 0. The van der Waals surface area contributed by atoms with E-state index >= 15 is 0 Å². The second-order valence-corrected chi connectivity index (χ2v) is 30.4. The van der Waals surface area contributed by atoms with E-state index in [2.05, 4.69) is 257 Å². The molecule has 0 bridgehead atoms. The largest absolute Gasteiger partial charge is 0.310 e. The van der Waals surface area contributed by atoms with Crippen molar-refractivity contribution in [2.24, 2.45) is 0 Å². The molecule has 0 fully saturated rings. The van der Waals surface area contributed by atoms with Crippen molar-refractivity contribution >= 4 is 54.9 Å². The maximum atomic E-state index is 2.66. The Kier molecular flexibility index (Phi) is 12.3. The number of rotatable bonds is 7. The molecule has 1 heterocycles. The van der Waals surface area contributed by atoms with Crippen LogP contribution in [-0.4, -0.2) is 0 Å². The molecule has 0 saturated carbocycles. The van der Waals surface area contributed by atoms with Crippen LogP contribution in [0.25, 0.3) is 21.2 Å². The second-order valence-electron chi connectivity index (χ2n) is 29.3. The second kappa shape index (κ2) is 17.5. The molecule has 6 aromatic carbocycles. The third-order valence-electron chi connectivity index (χ3n) is 18.6. The van der Waals surface area contributed by atoms with E-state index < -0.39 is 0 Å². The molecular formula is C71H88N2S. The van der Waals surface area contributed by atoms with Crippen LogP contribution in [0.1, 0.15) is 213 Å². The predicted octanol–water partition coefficient (Wildman–Crippen LogP) is 21.5. The first-order valence-corrected chi connectivity index (χ1v) is 28.9. The fourth-order valence-electron chi connectivity index (χ4n) is 13.0. The summed E-state index contributed by atoms with van der Waals surface area (Å²) in [5.74, 6) is 0. The summed E-state index contributed by atoms with van der Waals surface area (Å²) in [5, 5.41) is 2.54. The minimum Gasteiger partial charge on any atom is -0.310 e. The van der Waals surface area contributed by atoms with Gasteiger partial charge in [-0.1, -0.05) is 167 Å². The van der Waals surface area contributed by atoms with E-state index in [0.29, 0.717) is 0 Å². The lowest BCUT2D eigenvalue weighted by atomic mass is 9.62. The predicted molar refractivity (Wildman–Crippen MR) is 325 cm³/mol. The molecule has 0 atom stereocenters. The van der Waals surface area contributed by atoms with Crippen molar-refractivity contribution in [3.63, 3.8) is 0 Å². The lowest BCUT2D eigenvalue weighted by molar-refractivity contribution is 0.332. The van der Waals surface area contributed by atoms with Crippen LogP contribution >= 0.6 is 11.3 Å². The highest BCUT2D eigenvalue weighted by atomic mass is 32.1. The van der Waals surface area contributed by atoms with Crippen molar-refractivity contribution in [3.05, 3.63) is 165 Å². The van der Waals surface area contributed by atoms with Gasteiger partial charge in [0.2, 0.25) is 0 Å². The molecule has 0 N–H and O–H groups in total. The quantitative estimate of drug-likeness (QED) is 0.157. The molecule has 0 unspecified atom stereocenters. The standard InChI is InChI=1S/C71H88N2S/c1-45-36-52(40-53(37-45)73(63-39-47-38-49(65(5,6)7)24-29-62(47)74-63)51-26-28-56-58(42-51)69(14,15)33-31-67(56,10)11)72(50-25-27-55-57(41-50)68(12,13)32-30-66(55,8)9)61-44-60-59(70(16,17)34-35-71(60,18)19)43-54(61)46-20-22-48(23-21-46)64(2,3)4/h20-29,36-44H,30-35H2,1-19H3. The Morgan fingerprint density at radius 1 is 0.378 bits per heavy atom. The zero-order valence-corrected chi connectivity index (χ0v) is 49.8. The number of benzene rings is 6. The maximum Gasteiger partial charge on any atom is 0.101 e. The molecule has 2 nitrogen and oxygen atoms in total. The molecule has 0 amide bonds. The third-order valence-corrected chi connectivity index (χ3v) is 19.7. The zero-order chi connectivity index (χ0) is 53.5. The average molecular weight is 1000 g/mol. The van der Waals surface area contributed by atoms with E-state index in [1.54, 1.807) is 0 Å². The van der Waals surface area contributed by atoms with Gasteiger partial charge in [-0.15, -0.1) is 11.3 Å². The Morgan fingerprint density at radius 2 is 0.797 bits per heavy atom. The minimum atomic E-state index is 0.0130. The smallest absolute Gasteiger partial charge is 0.101 e. The van der Waals surface area contributed by atoms with Gasteiger partial charge in [0.15, 0.2) is 0 Å². The summed E-state index contributed by atoms with van der Waals surface area (Å²) in [6.07, 6.45) is 7.02. The van der Waals surface area contributed by atoms with Crippen LogP contribution in [0.3, 0.4) is 0 Å². The van der Waals surface area contributed by atoms with E-state index in [-0.39, 0.29) is 43.3 Å². The van der Waals surface area contributed by atoms with Gasteiger partial charge in [0.05, 0.1) is 5.69 Å². The minimum absolute atomic E-state index is 0.0130. The highest BCUT2D eigenvalue weighted by Crippen LogP contribution is 2.55. The van der Waals surface area contributed by atoms with Crippen molar-refractivity contribution in [1.29, 1.82) is 0 Å². The fourth-order valence-corrected chi connectivity index (χ4v) is 14.1. The number of fused-ring (bicyclic) bond motifs is 4. The third kappa shape index (κ3) is 9.28. The lowest BCUT2D eigenvalue weighted by Gasteiger charge is -2.44. The van der Waals surface area contributed by atoms with Gasteiger partial charge < -0.3 is 9.80 Å². The molecule has 3 aliphatic carbocycles. The summed E-state index contributed by atoms with van der Waals surface area (Å²) < 4.78 is 1.31. The highest BCUT2D eigenvalue weighted by Gasteiger charge is 2.41. The molecule has 10 rings (SSSR count). The molecule has 0 radical (unpaired) electrons. The van der Waals surface area contributed by atoms with Crippen molar-refractivity contribution in [3.8, 4) is 11.1 Å². The maximum absolute atomic E-state index is 2.66. The van der Waals surface area contributed by atoms with Gasteiger partial charge in [-0.3, -0.25) is 0 Å². The van der Waals surface area contributed by atoms with E-state index in [1.165, 1.54) is 124 Å². The SMILES string of the molecule is Cc1cc(N(c2ccc3c(c2)C(C)(C)CCC3(C)C)c2cc3cc(C(C)(C)C)ccc3s2)cc(N(c2ccc3c(c2)C(C)(C)CCC3(C)C)c2cc3c(cc2-c2ccc(C(C)(C)C)cc2)C(C)(C)CCC3(C)C)c1. The number of aryl methyl sites for hydroxylation is 1. The Hall–Kier alpha value is -5.12. The summed E-state index contributed by atoms with van der Waals surface area (Å²) >= 11 is 1.91. The van der Waals surface area contributed by atoms with Gasteiger partial charge in [-0.25, -0.2) is 0 Å². The lowest BCUT2D eigenvalue weighted by Crippen LogP contribution is -2.34. The van der Waals surface area contributed by atoms with Crippen LogP contribution in [0, 0.1) is 6.92 Å². The molecule has 388 valence electrons. The van der Waals surface area contributed by atoms with E-state index in [4.69, 9.17) is 0 Å². The molecule has 74 heavy (non-hydrogen) atoms. The topological polar surface area (TPSA) is 6.48 Å². The van der Waals surface area contributed by atoms with E-state index in [9.17, 15) is 0 Å². The average Bonchev–Trinajstić information content (AvgIpc) is 3.73. The van der Waals surface area contributed by atoms with Gasteiger partial charge in [-0.05, 0) is 223 Å². The van der Waals surface area contributed by atoms with Crippen molar-refractivity contribution in [2.75, 3.05) is 9.80 Å².